The number of ether oxygens (including phenoxy) is 1. The Hall–Kier alpha value is -2.31. The van der Waals surface area contributed by atoms with Gasteiger partial charge in [0, 0.05) is 31.5 Å². The fourth-order valence-electron chi connectivity index (χ4n) is 2.59. The number of carbonyl (C=O) groups is 1. The summed E-state index contributed by atoms with van der Waals surface area (Å²) < 4.78 is 5.37. The molecule has 1 fully saturated rings. The first-order chi connectivity index (χ1) is 11.2. The minimum Gasteiger partial charge on any atom is -0.379 e. The van der Waals surface area contributed by atoms with Crippen molar-refractivity contribution >= 4 is 11.6 Å². The lowest BCUT2D eigenvalue weighted by Crippen LogP contribution is -2.35. The summed E-state index contributed by atoms with van der Waals surface area (Å²) in [5, 5.41) is 2.89. The molecule has 1 aromatic heterocycles. The van der Waals surface area contributed by atoms with Crippen LogP contribution in [0.25, 0.3) is 0 Å². The molecule has 0 radical (unpaired) electrons. The van der Waals surface area contributed by atoms with E-state index >= 15 is 0 Å². The fourth-order valence-corrected chi connectivity index (χ4v) is 2.59. The van der Waals surface area contributed by atoms with Gasteiger partial charge in [-0.2, -0.15) is 0 Å². The highest BCUT2D eigenvalue weighted by atomic mass is 16.5. The lowest BCUT2D eigenvalue weighted by molar-refractivity contribution is 0.0342. The summed E-state index contributed by atoms with van der Waals surface area (Å²) in [6, 6.07) is 7.71. The van der Waals surface area contributed by atoms with Crippen LogP contribution in [0.1, 0.15) is 21.6 Å². The Morgan fingerprint density at radius 2 is 2.13 bits per heavy atom. The second kappa shape index (κ2) is 7.30. The second-order valence-corrected chi connectivity index (χ2v) is 5.59. The van der Waals surface area contributed by atoms with Crippen molar-refractivity contribution in [3.05, 3.63) is 53.6 Å². The maximum Gasteiger partial charge on any atom is 0.274 e. The molecule has 6 nitrogen and oxygen atoms in total. The summed E-state index contributed by atoms with van der Waals surface area (Å²) in [5.74, 6) is -0.226. The van der Waals surface area contributed by atoms with Crippen molar-refractivity contribution in [2.75, 3.05) is 31.6 Å². The summed E-state index contributed by atoms with van der Waals surface area (Å²) in [6.07, 6.45) is 2.92. The molecule has 3 rings (SSSR count). The van der Waals surface area contributed by atoms with Gasteiger partial charge in [0.25, 0.3) is 5.91 Å². The van der Waals surface area contributed by atoms with Gasteiger partial charge in [0.15, 0.2) is 0 Å². The molecule has 1 saturated heterocycles. The molecule has 0 bridgehead atoms. The predicted octanol–water partition coefficient (Wildman–Crippen LogP) is 1.87. The topological polar surface area (TPSA) is 67.3 Å². The largest absolute Gasteiger partial charge is 0.379 e. The number of hydrogen-bond acceptors (Lipinski definition) is 5. The minimum atomic E-state index is -0.226. The van der Waals surface area contributed by atoms with E-state index < -0.39 is 0 Å². The lowest BCUT2D eigenvalue weighted by Gasteiger charge is -2.26. The van der Waals surface area contributed by atoms with E-state index in [4.69, 9.17) is 4.74 Å². The van der Waals surface area contributed by atoms with Gasteiger partial charge in [0.05, 0.1) is 13.2 Å². The second-order valence-electron chi connectivity index (χ2n) is 5.59. The maximum atomic E-state index is 12.1. The summed E-state index contributed by atoms with van der Waals surface area (Å²) in [7, 11) is 0. The van der Waals surface area contributed by atoms with Gasteiger partial charge in [-0.25, -0.2) is 9.97 Å². The van der Waals surface area contributed by atoms with E-state index in [0.29, 0.717) is 5.69 Å². The van der Waals surface area contributed by atoms with Crippen LogP contribution in [-0.2, 0) is 11.3 Å². The molecule has 1 amide bonds. The monoisotopic (exact) mass is 312 g/mol. The Balaban J connectivity index is 1.66. The van der Waals surface area contributed by atoms with Gasteiger partial charge in [0.2, 0.25) is 0 Å². The highest BCUT2D eigenvalue weighted by Gasteiger charge is 2.12. The van der Waals surface area contributed by atoms with Crippen LogP contribution in [0.15, 0.2) is 36.8 Å². The van der Waals surface area contributed by atoms with Gasteiger partial charge in [-0.3, -0.25) is 9.69 Å². The van der Waals surface area contributed by atoms with Crippen LogP contribution >= 0.6 is 0 Å². The molecule has 1 aliphatic heterocycles. The number of aryl methyl sites for hydroxylation is 1. The number of hydrogen-bond donors (Lipinski definition) is 1. The van der Waals surface area contributed by atoms with Crippen molar-refractivity contribution < 1.29 is 9.53 Å². The van der Waals surface area contributed by atoms with E-state index in [0.717, 1.165) is 44.1 Å². The molecule has 0 aliphatic carbocycles. The smallest absolute Gasteiger partial charge is 0.274 e. The Bertz CT molecular complexity index is 670. The third kappa shape index (κ3) is 4.12. The van der Waals surface area contributed by atoms with E-state index in [9.17, 15) is 4.79 Å². The van der Waals surface area contributed by atoms with Crippen LogP contribution in [0, 0.1) is 6.92 Å². The number of anilines is 1. The van der Waals surface area contributed by atoms with Gasteiger partial charge in [-0.15, -0.1) is 0 Å². The molecule has 0 unspecified atom stereocenters. The summed E-state index contributed by atoms with van der Waals surface area (Å²) in [5.41, 5.74) is 3.44. The molecule has 2 heterocycles. The van der Waals surface area contributed by atoms with E-state index in [1.54, 1.807) is 12.3 Å². The van der Waals surface area contributed by atoms with Crippen molar-refractivity contribution in [2.45, 2.75) is 13.5 Å². The molecule has 1 aromatic carbocycles. The first-order valence-corrected chi connectivity index (χ1v) is 7.69. The SMILES string of the molecule is Cc1cc(CN2CCOCC2)ccc1NC(=O)c1ccncn1. The summed E-state index contributed by atoms with van der Waals surface area (Å²) in [6.45, 7) is 6.43. The van der Waals surface area contributed by atoms with Crippen molar-refractivity contribution in [3.63, 3.8) is 0 Å². The van der Waals surface area contributed by atoms with Crippen molar-refractivity contribution in [1.29, 1.82) is 0 Å². The number of nitrogens with one attached hydrogen (secondary N) is 1. The molecule has 1 aliphatic rings. The molecule has 0 atom stereocenters. The minimum absolute atomic E-state index is 0.226. The number of carbonyl (C=O) groups excluding carboxylic acids is 1. The number of amides is 1. The molecule has 120 valence electrons. The van der Waals surface area contributed by atoms with Crippen molar-refractivity contribution in [3.8, 4) is 0 Å². The number of morpholine rings is 1. The van der Waals surface area contributed by atoms with Crippen LogP contribution < -0.4 is 5.32 Å². The molecular formula is C17H20N4O2. The Morgan fingerprint density at radius 3 is 2.83 bits per heavy atom. The Labute approximate surface area is 135 Å². The maximum absolute atomic E-state index is 12.1. The van der Waals surface area contributed by atoms with E-state index in [2.05, 4.69) is 32.3 Å². The highest BCUT2D eigenvalue weighted by molar-refractivity contribution is 6.03. The number of nitrogens with zero attached hydrogens (tertiary/aromatic N) is 3. The number of rotatable bonds is 4. The van der Waals surface area contributed by atoms with Gasteiger partial charge in [-0.05, 0) is 30.2 Å². The molecule has 0 saturated carbocycles. The van der Waals surface area contributed by atoms with E-state index in [-0.39, 0.29) is 5.91 Å². The molecule has 1 N–H and O–H groups in total. The third-order valence-corrected chi connectivity index (χ3v) is 3.86. The molecule has 6 heteroatoms. The Kier molecular flexibility index (Phi) is 4.95. The summed E-state index contributed by atoms with van der Waals surface area (Å²) >= 11 is 0. The van der Waals surface area contributed by atoms with Crippen LogP contribution in [0.4, 0.5) is 5.69 Å². The van der Waals surface area contributed by atoms with Crippen LogP contribution in [-0.4, -0.2) is 47.1 Å². The Morgan fingerprint density at radius 1 is 1.30 bits per heavy atom. The van der Waals surface area contributed by atoms with Crippen molar-refractivity contribution in [1.82, 2.24) is 14.9 Å². The normalized spacial score (nSPS) is 15.3. The molecule has 0 spiro atoms. The first kappa shape index (κ1) is 15.6. The van der Waals surface area contributed by atoms with Crippen molar-refractivity contribution in [2.24, 2.45) is 0 Å². The molecule has 2 aromatic rings. The standard InChI is InChI=1S/C17H20N4O2/c1-13-10-14(11-21-6-8-23-9-7-21)2-3-15(13)20-17(22)16-4-5-18-12-19-16/h2-5,10,12H,6-9,11H2,1H3,(H,20,22). The quantitative estimate of drug-likeness (QED) is 0.933. The van der Waals surface area contributed by atoms with E-state index in [1.807, 2.05) is 13.0 Å². The summed E-state index contributed by atoms with van der Waals surface area (Å²) in [4.78, 5) is 22.3. The average Bonchev–Trinajstić information content (AvgIpc) is 2.59. The van der Waals surface area contributed by atoms with E-state index in [1.165, 1.54) is 11.9 Å². The number of aromatic nitrogens is 2. The first-order valence-electron chi connectivity index (χ1n) is 7.69. The van der Waals surface area contributed by atoms with Crippen LogP contribution in [0.2, 0.25) is 0 Å². The zero-order chi connectivity index (χ0) is 16.1. The molecule has 23 heavy (non-hydrogen) atoms. The third-order valence-electron chi connectivity index (χ3n) is 3.86. The average molecular weight is 312 g/mol. The van der Waals surface area contributed by atoms with Gasteiger partial charge in [0.1, 0.15) is 12.0 Å². The van der Waals surface area contributed by atoms with Gasteiger partial charge < -0.3 is 10.1 Å². The van der Waals surface area contributed by atoms with Gasteiger partial charge in [-0.1, -0.05) is 12.1 Å². The fraction of sp³-hybridized carbons (Fsp3) is 0.353. The zero-order valence-corrected chi connectivity index (χ0v) is 13.2. The van der Waals surface area contributed by atoms with Crippen LogP contribution in [0.5, 0.6) is 0 Å². The van der Waals surface area contributed by atoms with Gasteiger partial charge >= 0.3 is 0 Å². The molecular weight excluding hydrogens is 292 g/mol. The van der Waals surface area contributed by atoms with Crippen LogP contribution in [0.3, 0.4) is 0 Å². The number of benzene rings is 1. The predicted molar refractivity (Wildman–Crippen MR) is 87.3 cm³/mol. The zero-order valence-electron chi connectivity index (χ0n) is 13.2. The lowest BCUT2D eigenvalue weighted by atomic mass is 10.1. The highest BCUT2D eigenvalue weighted by Crippen LogP contribution is 2.18.